The molecule has 1 aliphatic rings. The first-order chi connectivity index (χ1) is 11.5. The lowest BCUT2D eigenvalue weighted by Crippen LogP contribution is -2.40. The number of hydrogen-bond donors (Lipinski definition) is 3. The summed E-state index contributed by atoms with van der Waals surface area (Å²) in [6, 6.07) is 2.93. The summed E-state index contributed by atoms with van der Waals surface area (Å²) in [6.07, 6.45) is 0.734. The minimum atomic E-state index is -1.43. The highest BCUT2D eigenvalue weighted by molar-refractivity contribution is 5.73. The number of urea groups is 1. The molecule has 1 aromatic carbocycles. The molecule has 7 heteroatoms. The summed E-state index contributed by atoms with van der Waals surface area (Å²) in [6.45, 7) is 5.53. The number of hydrogen-bond acceptors (Lipinski definition) is 3. The van der Waals surface area contributed by atoms with Crippen molar-refractivity contribution in [3.63, 3.8) is 0 Å². The zero-order valence-corrected chi connectivity index (χ0v) is 13.9. The Morgan fingerprint density at radius 2 is 2.08 bits per heavy atom. The molecule has 1 aliphatic heterocycles. The molecule has 1 saturated heterocycles. The van der Waals surface area contributed by atoms with Crippen LogP contribution in [-0.2, 0) is 0 Å². The van der Waals surface area contributed by atoms with E-state index in [1.165, 1.54) is 6.07 Å². The molecule has 1 heterocycles. The minimum absolute atomic E-state index is 0.254. The molecule has 0 saturated carbocycles. The molecule has 0 bridgehead atoms. The molecule has 5 nitrogen and oxygen atoms in total. The van der Waals surface area contributed by atoms with Gasteiger partial charge in [0.1, 0.15) is 17.7 Å². The number of amides is 2. The van der Waals surface area contributed by atoms with Crippen molar-refractivity contribution in [2.24, 2.45) is 5.92 Å². The molecular weight excluding hydrogens is 316 g/mol. The maximum Gasteiger partial charge on any atom is 0.314 e. The molecule has 0 spiro atoms. The zero-order chi connectivity index (χ0) is 17.5. The number of aliphatic hydroxyl groups excluding tert-OH is 1. The summed E-state index contributed by atoms with van der Waals surface area (Å²) in [5.41, 5.74) is -0.427. The quantitative estimate of drug-likeness (QED) is 0.711. The van der Waals surface area contributed by atoms with Gasteiger partial charge in [0.15, 0.2) is 0 Å². The van der Waals surface area contributed by atoms with E-state index in [0.717, 1.165) is 44.6 Å². The van der Waals surface area contributed by atoms with Gasteiger partial charge in [-0.3, -0.25) is 0 Å². The highest BCUT2D eigenvalue weighted by atomic mass is 19.1. The lowest BCUT2D eigenvalue weighted by Gasteiger charge is -2.16. The predicted octanol–water partition coefficient (Wildman–Crippen LogP) is 2.03. The van der Waals surface area contributed by atoms with Crippen LogP contribution in [0, 0.1) is 17.6 Å². The lowest BCUT2D eigenvalue weighted by molar-refractivity contribution is 0.164. The number of aliphatic hydroxyl groups is 1. The van der Waals surface area contributed by atoms with Crippen molar-refractivity contribution in [3.8, 4) is 0 Å². The van der Waals surface area contributed by atoms with Crippen LogP contribution in [0.15, 0.2) is 18.2 Å². The predicted molar refractivity (Wildman–Crippen MR) is 87.6 cm³/mol. The van der Waals surface area contributed by atoms with E-state index in [2.05, 4.69) is 22.5 Å². The smallest absolute Gasteiger partial charge is 0.314 e. The van der Waals surface area contributed by atoms with Crippen LogP contribution in [0.25, 0.3) is 0 Å². The van der Waals surface area contributed by atoms with Gasteiger partial charge in [-0.15, -0.1) is 0 Å². The van der Waals surface area contributed by atoms with Crippen LogP contribution >= 0.6 is 0 Å². The Bertz CT molecular complexity index is 536. The number of nitrogens with one attached hydrogen (secondary N) is 2. The van der Waals surface area contributed by atoms with Gasteiger partial charge in [-0.05, 0) is 44.0 Å². The van der Waals surface area contributed by atoms with Crippen LogP contribution in [0.1, 0.15) is 31.4 Å². The molecule has 0 aromatic heterocycles. The normalized spacial score (nSPS) is 19.2. The Labute approximate surface area is 141 Å². The first-order valence-electron chi connectivity index (χ1n) is 8.37. The molecule has 0 radical (unpaired) electrons. The second-order valence-electron chi connectivity index (χ2n) is 6.20. The molecular formula is C17H25F2N3O2. The fraction of sp³-hybridized carbons (Fsp3) is 0.588. The molecule has 0 aliphatic carbocycles. The van der Waals surface area contributed by atoms with Crippen LogP contribution in [0.2, 0.25) is 0 Å². The van der Waals surface area contributed by atoms with E-state index in [-0.39, 0.29) is 6.54 Å². The molecule has 2 rings (SSSR count). The summed E-state index contributed by atoms with van der Waals surface area (Å²) in [5, 5.41) is 15.1. The first kappa shape index (κ1) is 18.6. The lowest BCUT2D eigenvalue weighted by atomic mass is 10.1. The maximum atomic E-state index is 13.5. The molecule has 24 heavy (non-hydrogen) atoms. The fourth-order valence-corrected chi connectivity index (χ4v) is 3.02. The van der Waals surface area contributed by atoms with Gasteiger partial charge in [-0.2, -0.15) is 0 Å². The number of carbonyl (C=O) groups excluding carboxylic acids is 1. The molecule has 3 N–H and O–H groups in total. The van der Waals surface area contributed by atoms with Crippen molar-refractivity contribution >= 4 is 6.03 Å². The van der Waals surface area contributed by atoms with Crippen LogP contribution in [0.4, 0.5) is 13.6 Å². The summed E-state index contributed by atoms with van der Waals surface area (Å²) < 4.78 is 27.1. The van der Waals surface area contributed by atoms with Gasteiger partial charge in [0.05, 0.1) is 5.56 Å². The highest BCUT2D eigenvalue weighted by Crippen LogP contribution is 2.20. The van der Waals surface area contributed by atoms with Crippen molar-refractivity contribution in [2.45, 2.75) is 25.9 Å². The van der Waals surface area contributed by atoms with E-state index in [1.54, 1.807) is 0 Å². The van der Waals surface area contributed by atoms with Gasteiger partial charge in [-0.25, -0.2) is 13.6 Å². The number of benzene rings is 1. The third-order valence-electron chi connectivity index (χ3n) is 4.25. The first-order valence-corrected chi connectivity index (χ1v) is 8.37. The largest absolute Gasteiger partial charge is 0.386 e. The number of likely N-dealkylation sites (tertiary alicyclic amines) is 1. The molecule has 1 aromatic rings. The summed E-state index contributed by atoms with van der Waals surface area (Å²) in [7, 11) is 0. The third-order valence-corrected chi connectivity index (χ3v) is 4.25. The fourth-order valence-electron chi connectivity index (χ4n) is 3.02. The average Bonchev–Trinajstić information content (AvgIpc) is 2.99. The Hall–Kier alpha value is -1.73. The molecule has 2 amide bonds. The molecule has 1 fully saturated rings. The monoisotopic (exact) mass is 341 g/mol. The zero-order valence-electron chi connectivity index (χ0n) is 13.9. The van der Waals surface area contributed by atoms with Gasteiger partial charge in [-0.1, -0.05) is 13.0 Å². The van der Waals surface area contributed by atoms with Gasteiger partial charge >= 0.3 is 6.03 Å². The second kappa shape index (κ2) is 8.94. The maximum absolute atomic E-state index is 13.5. The van der Waals surface area contributed by atoms with Gasteiger partial charge in [0, 0.05) is 19.6 Å². The minimum Gasteiger partial charge on any atom is -0.386 e. The number of nitrogens with zero attached hydrogens (tertiary/aromatic N) is 1. The van der Waals surface area contributed by atoms with E-state index in [1.807, 2.05) is 0 Å². The van der Waals surface area contributed by atoms with Gasteiger partial charge < -0.3 is 20.6 Å². The highest BCUT2D eigenvalue weighted by Gasteiger charge is 2.22. The standard InChI is InChI=1S/C17H25F2N3O2/c1-2-7-22-8-6-12(11-22)9-20-17(24)21-10-15(23)16-13(18)4-3-5-14(16)19/h3-5,12,15,23H,2,6-11H2,1H3,(H2,20,21,24). The third kappa shape index (κ3) is 5.14. The van der Waals surface area contributed by atoms with Crippen molar-refractivity contribution in [2.75, 3.05) is 32.7 Å². The number of rotatable bonds is 7. The topological polar surface area (TPSA) is 64.6 Å². The summed E-state index contributed by atoms with van der Waals surface area (Å²) in [5.74, 6) is -1.24. The second-order valence-corrected chi connectivity index (χ2v) is 6.20. The molecule has 2 unspecified atom stereocenters. The number of carbonyl (C=O) groups is 1. The Balaban J connectivity index is 1.72. The molecule has 134 valence electrons. The van der Waals surface area contributed by atoms with E-state index in [0.29, 0.717) is 12.5 Å². The van der Waals surface area contributed by atoms with Crippen molar-refractivity contribution in [3.05, 3.63) is 35.4 Å². The van der Waals surface area contributed by atoms with E-state index >= 15 is 0 Å². The van der Waals surface area contributed by atoms with Crippen LogP contribution < -0.4 is 10.6 Å². The Morgan fingerprint density at radius 3 is 2.75 bits per heavy atom. The summed E-state index contributed by atoms with van der Waals surface area (Å²) >= 11 is 0. The Kier molecular flexibility index (Phi) is 6.93. The Morgan fingerprint density at radius 1 is 1.38 bits per heavy atom. The van der Waals surface area contributed by atoms with Crippen LogP contribution in [-0.4, -0.2) is 48.8 Å². The van der Waals surface area contributed by atoms with E-state index < -0.39 is 29.3 Å². The number of halogens is 2. The average molecular weight is 341 g/mol. The van der Waals surface area contributed by atoms with Gasteiger partial charge in [0.2, 0.25) is 0 Å². The van der Waals surface area contributed by atoms with Crippen molar-refractivity contribution < 1.29 is 18.7 Å². The summed E-state index contributed by atoms with van der Waals surface area (Å²) in [4.78, 5) is 14.1. The van der Waals surface area contributed by atoms with Gasteiger partial charge in [0.25, 0.3) is 0 Å². The van der Waals surface area contributed by atoms with Crippen molar-refractivity contribution in [1.82, 2.24) is 15.5 Å². The van der Waals surface area contributed by atoms with Crippen molar-refractivity contribution in [1.29, 1.82) is 0 Å². The SMILES string of the molecule is CCCN1CCC(CNC(=O)NCC(O)c2c(F)cccc2F)C1. The molecule has 2 atom stereocenters. The van der Waals surface area contributed by atoms with Crippen LogP contribution in [0.3, 0.4) is 0 Å². The van der Waals surface area contributed by atoms with Crippen LogP contribution in [0.5, 0.6) is 0 Å². The van der Waals surface area contributed by atoms with E-state index in [9.17, 15) is 18.7 Å². The van der Waals surface area contributed by atoms with E-state index in [4.69, 9.17) is 0 Å².